The van der Waals surface area contributed by atoms with Gasteiger partial charge in [0.15, 0.2) is 0 Å². The molecule has 8 heteroatoms. The minimum atomic E-state index is -0.430. The fourth-order valence-corrected chi connectivity index (χ4v) is 4.00. The third kappa shape index (κ3) is 3.52. The van der Waals surface area contributed by atoms with Crippen LogP contribution in [0, 0.1) is 0 Å². The molecule has 1 spiro atoms. The van der Waals surface area contributed by atoms with Crippen molar-refractivity contribution in [3.8, 4) is 5.75 Å². The SMILES string of the molecule is CN1CC2(CN(C(=O)c3cccc(O)c3)C2)OCC1C(=O)N1CCCCO1. The summed E-state index contributed by atoms with van der Waals surface area (Å²) in [5.74, 6) is -0.104. The lowest BCUT2D eigenvalue weighted by Gasteiger charge is -2.55. The molecule has 146 valence electrons. The standard InChI is InChI=1S/C19H25N3O5/c1-20-11-19(26-10-16(20)18(25)22-7-2-3-8-27-22)12-21(13-19)17(24)14-5-4-6-15(23)9-14/h4-6,9,16,23H,2-3,7-8,10-13H2,1H3. The number of morpholine rings is 1. The maximum absolute atomic E-state index is 12.7. The predicted molar refractivity (Wildman–Crippen MR) is 96.0 cm³/mol. The Kier molecular flexibility index (Phi) is 4.79. The van der Waals surface area contributed by atoms with Crippen LogP contribution < -0.4 is 0 Å². The van der Waals surface area contributed by atoms with Crippen LogP contribution in [0.4, 0.5) is 0 Å². The summed E-state index contributed by atoms with van der Waals surface area (Å²) in [6, 6.07) is 5.99. The molecule has 0 saturated carbocycles. The van der Waals surface area contributed by atoms with E-state index in [-0.39, 0.29) is 23.6 Å². The normalized spacial score (nSPS) is 25.3. The second-order valence-electron chi connectivity index (χ2n) is 7.62. The molecule has 0 bridgehead atoms. The van der Waals surface area contributed by atoms with Crippen LogP contribution >= 0.6 is 0 Å². The maximum Gasteiger partial charge on any atom is 0.265 e. The van der Waals surface area contributed by atoms with Gasteiger partial charge in [0.25, 0.3) is 11.8 Å². The molecular formula is C19H25N3O5. The van der Waals surface area contributed by atoms with Gasteiger partial charge in [0.1, 0.15) is 17.4 Å². The summed E-state index contributed by atoms with van der Waals surface area (Å²) < 4.78 is 6.05. The van der Waals surface area contributed by atoms with Crippen LogP contribution in [0.3, 0.4) is 0 Å². The van der Waals surface area contributed by atoms with Gasteiger partial charge in [-0.3, -0.25) is 19.3 Å². The lowest BCUT2D eigenvalue weighted by Crippen LogP contribution is -2.73. The van der Waals surface area contributed by atoms with Crippen LogP contribution in [0.2, 0.25) is 0 Å². The molecule has 4 rings (SSSR count). The number of ether oxygens (including phenoxy) is 1. The van der Waals surface area contributed by atoms with E-state index in [1.165, 1.54) is 17.2 Å². The third-order valence-electron chi connectivity index (χ3n) is 5.49. The summed E-state index contributed by atoms with van der Waals surface area (Å²) in [7, 11) is 1.91. The van der Waals surface area contributed by atoms with Gasteiger partial charge >= 0.3 is 0 Å². The number of hydrogen-bond donors (Lipinski definition) is 1. The van der Waals surface area contributed by atoms with Gasteiger partial charge in [0.2, 0.25) is 0 Å². The van der Waals surface area contributed by atoms with Gasteiger partial charge in [-0.1, -0.05) is 6.07 Å². The number of aromatic hydroxyl groups is 1. The minimum Gasteiger partial charge on any atom is -0.508 e. The zero-order valence-corrected chi connectivity index (χ0v) is 15.5. The first-order chi connectivity index (χ1) is 13.0. The number of carbonyl (C=O) groups excluding carboxylic acids is 2. The van der Waals surface area contributed by atoms with Crippen LogP contribution in [0.25, 0.3) is 0 Å². The Morgan fingerprint density at radius 2 is 2.04 bits per heavy atom. The predicted octanol–water partition coefficient (Wildman–Crippen LogP) is 0.471. The van der Waals surface area contributed by atoms with Crippen molar-refractivity contribution in [3.63, 3.8) is 0 Å². The number of likely N-dealkylation sites (tertiary alicyclic amines) is 1. The Morgan fingerprint density at radius 3 is 2.70 bits per heavy atom. The largest absolute Gasteiger partial charge is 0.508 e. The molecule has 0 radical (unpaired) electrons. The van der Waals surface area contributed by atoms with Gasteiger partial charge < -0.3 is 14.7 Å². The molecule has 1 atom stereocenters. The Balaban J connectivity index is 1.34. The molecule has 1 aromatic carbocycles. The van der Waals surface area contributed by atoms with E-state index >= 15 is 0 Å². The number of amides is 2. The third-order valence-corrected chi connectivity index (χ3v) is 5.49. The van der Waals surface area contributed by atoms with E-state index in [2.05, 4.69) is 0 Å². The van der Waals surface area contributed by atoms with Crippen molar-refractivity contribution in [1.82, 2.24) is 14.9 Å². The van der Waals surface area contributed by atoms with Gasteiger partial charge in [0, 0.05) is 18.7 Å². The number of hydroxylamine groups is 2. The average molecular weight is 375 g/mol. The number of nitrogens with zero attached hydrogens (tertiary/aromatic N) is 3. The molecule has 2 amide bonds. The van der Waals surface area contributed by atoms with E-state index in [0.717, 1.165) is 12.8 Å². The van der Waals surface area contributed by atoms with Crippen molar-refractivity contribution >= 4 is 11.8 Å². The molecule has 1 unspecified atom stereocenters. The van der Waals surface area contributed by atoms with Crippen molar-refractivity contribution in [2.24, 2.45) is 0 Å². The number of carbonyl (C=O) groups is 2. The Labute approximate surface area is 158 Å². The van der Waals surface area contributed by atoms with Crippen LogP contribution in [0.15, 0.2) is 24.3 Å². The Hall–Kier alpha value is -2.16. The van der Waals surface area contributed by atoms with Crippen molar-refractivity contribution in [2.75, 3.05) is 46.4 Å². The molecule has 8 nitrogen and oxygen atoms in total. The monoisotopic (exact) mass is 375 g/mol. The summed E-state index contributed by atoms with van der Waals surface area (Å²) in [4.78, 5) is 34.4. The van der Waals surface area contributed by atoms with Crippen molar-refractivity contribution in [1.29, 1.82) is 0 Å². The van der Waals surface area contributed by atoms with Gasteiger partial charge in [-0.15, -0.1) is 0 Å². The van der Waals surface area contributed by atoms with E-state index in [4.69, 9.17) is 9.57 Å². The Morgan fingerprint density at radius 1 is 1.22 bits per heavy atom. The number of hydrogen-bond acceptors (Lipinski definition) is 6. The van der Waals surface area contributed by atoms with Crippen LogP contribution in [0.5, 0.6) is 5.75 Å². The molecule has 0 aliphatic carbocycles. The molecule has 3 fully saturated rings. The molecule has 3 heterocycles. The molecule has 27 heavy (non-hydrogen) atoms. The summed E-state index contributed by atoms with van der Waals surface area (Å²) in [5, 5.41) is 11.0. The molecule has 3 aliphatic heterocycles. The maximum atomic E-state index is 12.7. The van der Waals surface area contributed by atoms with E-state index in [1.54, 1.807) is 17.0 Å². The van der Waals surface area contributed by atoms with Crippen molar-refractivity contribution in [3.05, 3.63) is 29.8 Å². The van der Waals surface area contributed by atoms with Crippen molar-refractivity contribution < 1.29 is 24.3 Å². The molecule has 1 aromatic rings. The number of phenols is 1. The molecule has 0 aromatic heterocycles. The first-order valence-electron chi connectivity index (χ1n) is 9.34. The first kappa shape index (κ1) is 18.2. The summed E-state index contributed by atoms with van der Waals surface area (Å²) in [5.41, 5.74) is 0.0325. The highest BCUT2D eigenvalue weighted by molar-refractivity contribution is 5.95. The fraction of sp³-hybridized carbons (Fsp3) is 0.579. The number of rotatable bonds is 2. The zero-order chi connectivity index (χ0) is 19.0. The number of phenolic OH excluding ortho intramolecular Hbond substituents is 1. The van der Waals surface area contributed by atoms with Gasteiger partial charge in [-0.25, -0.2) is 5.06 Å². The Bertz CT molecular complexity index is 728. The highest BCUT2D eigenvalue weighted by Gasteiger charge is 2.51. The summed E-state index contributed by atoms with van der Waals surface area (Å²) >= 11 is 0. The highest BCUT2D eigenvalue weighted by atomic mass is 16.7. The number of benzene rings is 1. The highest BCUT2D eigenvalue weighted by Crippen LogP contribution is 2.32. The second-order valence-corrected chi connectivity index (χ2v) is 7.62. The van der Waals surface area contributed by atoms with Crippen molar-refractivity contribution in [2.45, 2.75) is 24.5 Å². The topological polar surface area (TPSA) is 82.6 Å². The van der Waals surface area contributed by atoms with Crippen LogP contribution in [-0.4, -0.2) is 89.9 Å². The van der Waals surface area contributed by atoms with Gasteiger partial charge in [-0.2, -0.15) is 0 Å². The minimum absolute atomic E-state index is 0.0564. The molecular weight excluding hydrogens is 350 g/mol. The zero-order valence-electron chi connectivity index (χ0n) is 15.5. The second kappa shape index (κ2) is 7.10. The van der Waals surface area contributed by atoms with Gasteiger partial charge in [-0.05, 0) is 38.1 Å². The average Bonchev–Trinajstić information content (AvgIpc) is 2.65. The fourth-order valence-electron chi connectivity index (χ4n) is 4.00. The van der Waals surface area contributed by atoms with E-state index in [9.17, 15) is 14.7 Å². The first-order valence-corrected chi connectivity index (χ1v) is 9.34. The van der Waals surface area contributed by atoms with Crippen LogP contribution in [0.1, 0.15) is 23.2 Å². The van der Waals surface area contributed by atoms with Gasteiger partial charge in [0.05, 0.1) is 26.3 Å². The summed E-state index contributed by atoms with van der Waals surface area (Å²) in [6.45, 7) is 3.05. The van der Waals surface area contributed by atoms with E-state index in [0.29, 0.717) is 45.0 Å². The van der Waals surface area contributed by atoms with E-state index < -0.39 is 5.60 Å². The molecule has 3 aliphatic rings. The lowest BCUT2D eigenvalue weighted by molar-refractivity contribution is -0.220. The quantitative estimate of drug-likeness (QED) is 0.809. The number of likely N-dealkylation sites (N-methyl/N-ethyl adjacent to an activating group) is 1. The summed E-state index contributed by atoms with van der Waals surface area (Å²) in [6.07, 6.45) is 1.94. The lowest BCUT2D eigenvalue weighted by atomic mass is 9.90. The van der Waals surface area contributed by atoms with E-state index in [1.807, 2.05) is 11.9 Å². The van der Waals surface area contributed by atoms with Crippen LogP contribution in [-0.2, 0) is 14.4 Å². The molecule has 1 N–H and O–H groups in total. The smallest absolute Gasteiger partial charge is 0.265 e. The molecule has 3 saturated heterocycles.